The summed E-state index contributed by atoms with van der Waals surface area (Å²) in [6.45, 7) is 1.89. The van der Waals surface area contributed by atoms with Gasteiger partial charge in [0.1, 0.15) is 11.6 Å². The van der Waals surface area contributed by atoms with Crippen LogP contribution in [0.15, 0.2) is 52.9 Å². The van der Waals surface area contributed by atoms with Crippen LogP contribution in [-0.4, -0.2) is 22.7 Å². The molecule has 0 radical (unpaired) electrons. The van der Waals surface area contributed by atoms with E-state index in [-0.39, 0.29) is 18.3 Å². The molecule has 0 aliphatic heterocycles. The highest BCUT2D eigenvalue weighted by Crippen LogP contribution is 2.29. The summed E-state index contributed by atoms with van der Waals surface area (Å²) in [5, 5.41) is 11.1. The summed E-state index contributed by atoms with van der Waals surface area (Å²) in [6.07, 6.45) is 0. The Morgan fingerprint density at radius 1 is 1.19 bits per heavy atom. The number of anilines is 1. The lowest BCUT2D eigenvalue weighted by Gasteiger charge is -2.05. The molecule has 0 unspecified atom stereocenters. The molecule has 3 aromatic rings. The molecule has 5 nitrogen and oxygen atoms in total. The molecule has 1 amide bonds. The van der Waals surface area contributed by atoms with Crippen molar-refractivity contribution in [2.24, 2.45) is 0 Å². The van der Waals surface area contributed by atoms with Crippen LogP contribution in [0.5, 0.6) is 5.75 Å². The predicted octanol–water partition coefficient (Wildman–Crippen LogP) is 4.30. The van der Waals surface area contributed by atoms with Crippen LogP contribution in [0.4, 0.5) is 9.52 Å². The van der Waals surface area contributed by atoms with Gasteiger partial charge >= 0.3 is 0 Å². The van der Waals surface area contributed by atoms with Gasteiger partial charge in [-0.2, -0.15) is 0 Å². The van der Waals surface area contributed by atoms with Crippen LogP contribution < -0.4 is 10.1 Å². The molecule has 2 aromatic carbocycles. The quantitative estimate of drug-likeness (QED) is 0.482. The zero-order valence-electron chi connectivity index (χ0n) is 13.9. The van der Waals surface area contributed by atoms with Crippen LogP contribution in [0.3, 0.4) is 0 Å². The van der Waals surface area contributed by atoms with Gasteiger partial charge in [-0.25, -0.2) is 4.39 Å². The fourth-order valence-electron chi connectivity index (χ4n) is 2.07. The smallest absolute Gasteiger partial charge is 0.264 e. The van der Waals surface area contributed by atoms with Gasteiger partial charge in [0, 0.05) is 5.75 Å². The lowest BCUT2D eigenvalue weighted by molar-refractivity contribution is -0.118. The Bertz CT molecular complexity index is 884. The van der Waals surface area contributed by atoms with E-state index in [9.17, 15) is 9.18 Å². The first-order chi connectivity index (χ1) is 12.6. The molecular weight excluding hydrogens is 373 g/mol. The van der Waals surface area contributed by atoms with Gasteiger partial charge in [-0.1, -0.05) is 47.4 Å². The highest BCUT2D eigenvalue weighted by molar-refractivity contribution is 8.00. The molecule has 3 rings (SSSR count). The second-order valence-electron chi connectivity index (χ2n) is 5.38. The normalized spacial score (nSPS) is 10.5. The van der Waals surface area contributed by atoms with E-state index in [0.29, 0.717) is 10.9 Å². The van der Waals surface area contributed by atoms with Crippen LogP contribution in [0.2, 0.25) is 0 Å². The van der Waals surface area contributed by atoms with Gasteiger partial charge in [-0.05, 0) is 42.3 Å². The Labute approximate surface area is 158 Å². The van der Waals surface area contributed by atoms with Crippen molar-refractivity contribution in [2.75, 3.05) is 11.9 Å². The maximum atomic E-state index is 12.8. The first kappa shape index (κ1) is 18.3. The number of carbonyl (C=O) groups is 1. The predicted molar refractivity (Wildman–Crippen MR) is 101 cm³/mol. The molecule has 0 atom stereocenters. The average Bonchev–Trinajstić information content (AvgIpc) is 3.08. The van der Waals surface area contributed by atoms with Gasteiger partial charge in [-0.15, -0.1) is 10.2 Å². The summed E-state index contributed by atoms with van der Waals surface area (Å²) >= 11 is 2.89. The molecule has 0 saturated carbocycles. The number of halogens is 1. The molecule has 0 bridgehead atoms. The summed E-state index contributed by atoms with van der Waals surface area (Å²) in [5.41, 5.74) is 2.47. The minimum absolute atomic E-state index is 0.184. The number of nitrogens with zero attached hydrogens (tertiary/aromatic N) is 2. The Balaban J connectivity index is 1.47. The molecule has 134 valence electrons. The molecule has 1 heterocycles. The number of aryl methyl sites for hydroxylation is 1. The number of hydrogen-bond donors (Lipinski definition) is 1. The zero-order valence-corrected chi connectivity index (χ0v) is 15.6. The second kappa shape index (κ2) is 8.77. The van der Waals surface area contributed by atoms with Crippen molar-refractivity contribution in [1.82, 2.24) is 10.2 Å². The number of rotatable bonds is 7. The lowest BCUT2D eigenvalue weighted by Crippen LogP contribution is -2.20. The molecule has 0 saturated heterocycles. The molecule has 26 heavy (non-hydrogen) atoms. The Morgan fingerprint density at radius 3 is 2.73 bits per heavy atom. The third kappa shape index (κ3) is 5.27. The summed E-state index contributed by atoms with van der Waals surface area (Å²) in [4.78, 5) is 11.9. The number of ether oxygens (including phenoxy) is 1. The summed E-state index contributed by atoms with van der Waals surface area (Å²) in [5.74, 6) is 0.517. The molecular formula is C18H16FN3O2S2. The first-order valence-electron chi connectivity index (χ1n) is 7.79. The van der Waals surface area contributed by atoms with Crippen molar-refractivity contribution in [3.05, 3.63) is 65.5 Å². The maximum Gasteiger partial charge on any atom is 0.264 e. The maximum absolute atomic E-state index is 12.8. The zero-order chi connectivity index (χ0) is 18.4. The average molecular weight is 389 g/mol. The Morgan fingerprint density at radius 2 is 1.96 bits per heavy atom. The van der Waals surface area contributed by atoms with Crippen molar-refractivity contribution in [3.8, 4) is 5.75 Å². The number of aromatic nitrogens is 2. The van der Waals surface area contributed by atoms with E-state index in [1.54, 1.807) is 11.8 Å². The molecule has 0 fully saturated rings. The largest absolute Gasteiger partial charge is 0.484 e. The SMILES string of the molecule is Cc1ccccc1CSc1nnc(NC(=O)COc2ccc(F)cc2)s1. The van der Waals surface area contributed by atoms with E-state index in [2.05, 4.69) is 34.6 Å². The topological polar surface area (TPSA) is 64.1 Å². The number of hydrogen-bond acceptors (Lipinski definition) is 6. The molecule has 1 N–H and O–H groups in total. The standard InChI is InChI=1S/C18H16FN3O2S2/c1-12-4-2-3-5-13(12)11-25-18-22-21-17(26-18)20-16(23)10-24-15-8-6-14(19)7-9-15/h2-9H,10-11H2,1H3,(H,20,21,23). The number of thioether (sulfide) groups is 1. The van der Waals surface area contributed by atoms with Gasteiger partial charge < -0.3 is 4.74 Å². The van der Waals surface area contributed by atoms with E-state index >= 15 is 0 Å². The van der Waals surface area contributed by atoms with E-state index < -0.39 is 0 Å². The molecule has 0 aliphatic rings. The van der Waals surface area contributed by atoms with E-state index in [4.69, 9.17) is 4.74 Å². The van der Waals surface area contributed by atoms with E-state index in [1.165, 1.54) is 46.7 Å². The first-order valence-corrected chi connectivity index (χ1v) is 9.59. The van der Waals surface area contributed by atoms with Gasteiger partial charge in [0.25, 0.3) is 5.91 Å². The van der Waals surface area contributed by atoms with Crippen molar-refractivity contribution in [1.29, 1.82) is 0 Å². The summed E-state index contributed by atoms with van der Waals surface area (Å²) in [6, 6.07) is 13.7. The van der Waals surface area contributed by atoms with Crippen molar-refractivity contribution in [3.63, 3.8) is 0 Å². The molecule has 8 heteroatoms. The van der Waals surface area contributed by atoms with Crippen LogP contribution in [0, 0.1) is 12.7 Å². The van der Waals surface area contributed by atoms with Gasteiger partial charge in [0.15, 0.2) is 10.9 Å². The molecule has 1 aromatic heterocycles. The fourth-order valence-corrected chi connectivity index (χ4v) is 3.91. The highest BCUT2D eigenvalue weighted by Gasteiger charge is 2.10. The van der Waals surface area contributed by atoms with Crippen molar-refractivity contribution < 1.29 is 13.9 Å². The minimum Gasteiger partial charge on any atom is -0.484 e. The van der Waals surface area contributed by atoms with Gasteiger partial charge in [-0.3, -0.25) is 10.1 Å². The number of amides is 1. The summed E-state index contributed by atoms with van der Waals surface area (Å²) < 4.78 is 18.9. The van der Waals surface area contributed by atoms with Gasteiger partial charge in [0.2, 0.25) is 5.13 Å². The van der Waals surface area contributed by atoms with Gasteiger partial charge in [0.05, 0.1) is 0 Å². The number of benzene rings is 2. The van der Waals surface area contributed by atoms with Crippen molar-refractivity contribution in [2.45, 2.75) is 17.0 Å². The third-order valence-electron chi connectivity index (χ3n) is 3.45. The van der Waals surface area contributed by atoms with Crippen LogP contribution in [-0.2, 0) is 10.5 Å². The molecule has 0 spiro atoms. The highest BCUT2D eigenvalue weighted by atomic mass is 32.2. The Kier molecular flexibility index (Phi) is 6.19. The Hall–Kier alpha value is -2.45. The summed E-state index contributed by atoms with van der Waals surface area (Å²) in [7, 11) is 0. The van der Waals surface area contributed by atoms with E-state index in [1.807, 2.05) is 12.1 Å². The van der Waals surface area contributed by atoms with Crippen LogP contribution in [0.25, 0.3) is 0 Å². The van der Waals surface area contributed by atoms with E-state index in [0.717, 1.165) is 10.1 Å². The van der Waals surface area contributed by atoms with Crippen LogP contribution in [0.1, 0.15) is 11.1 Å². The second-order valence-corrected chi connectivity index (χ2v) is 7.58. The van der Waals surface area contributed by atoms with Crippen molar-refractivity contribution >= 4 is 34.1 Å². The molecule has 0 aliphatic carbocycles. The number of carbonyl (C=O) groups excluding carboxylic acids is 1. The third-order valence-corrected chi connectivity index (χ3v) is 5.47. The fraction of sp³-hybridized carbons (Fsp3) is 0.167. The van der Waals surface area contributed by atoms with Crippen LogP contribution >= 0.6 is 23.1 Å². The lowest BCUT2D eigenvalue weighted by atomic mass is 10.1. The minimum atomic E-state index is -0.355. The number of nitrogens with one attached hydrogen (secondary N) is 1. The monoisotopic (exact) mass is 389 g/mol.